The van der Waals surface area contributed by atoms with Gasteiger partial charge in [-0.1, -0.05) is 44.5 Å². The fourth-order valence-corrected chi connectivity index (χ4v) is 5.46. The molecule has 2 aliphatic rings. The molecule has 0 radical (unpaired) electrons. The number of carbonyl (C=O) groups excluding carboxylic acids is 1. The van der Waals surface area contributed by atoms with Crippen molar-refractivity contribution in [1.82, 2.24) is 9.62 Å². The molecule has 32 heavy (non-hydrogen) atoms. The lowest BCUT2D eigenvalue weighted by atomic mass is 10.0. The summed E-state index contributed by atoms with van der Waals surface area (Å²) in [6.45, 7) is 6.90. The van der Waals surface area contributed by atoms with Crippen LogP contribution < -0.4 is 10.0 Å². The fraction of sp³-hybridized carbons (Fsp3) is 0.417. The third-order valence-electron chi connectivity index (χ3n) is 5.88. The van der Waals surface area contributed by atoms with Crippen LogP contribution in [0.5, 0.6) is 0 Å². The standard InChI is InChI=1S/C24H30N4O3S/c1-17(2)22(26-23-20-11-4-5-12-21(20)32(30,31)27-23)24(29)25-19-10-8-9-18(15-19)16-28-13-6-3-7-14-28/h4-5,8-12,15,17,22H,3,6-7,13-14,16H2,1-2H3,(H,25,29)(H,26,27)/t22-/m0/s1. The minimum Gasteiger partial charge on any atom is -0.324 e. The van der Waals surface area contributed by atoms with Crippen molar-refractivity contribution < 1.29 is 13.2 Å². The van der Waals surface area contributed by atoms with E-state index in [4.69, 9.17) is 0 Å². The second-order valence-electron chi connectivity index (χ2n) is 8.79. The summed E-state index contributed by atoms with van der Waals surface area (Å²) in [7, 11) is -3.65. The van der Waals surface area contributed by atoms with E-state index in [2.05, 4.69) is 26.0 Å². The first-order valence-corrected chi connectivity index (χ1v) is 12.6. The lowest BCUT2D eigenvalue weighted by Gasteiger charge is -2.26. The monoisotopic (exact) mass is 454 g/mol. The third kappa shape index (κ3) is 5.02. The molecular formula is C24H30N4O3S. The number of likely N-dealkylation sites (tertiary alicyclic amines) is 1. The zero-order valence-corrected chi connectivity index (χ0v) is 19.4. The van der Waals surface area contributed by atoms with Crippen molar-refractivity contribution in [3.8, 4) is 0 Å². The van der Waals surface area contributed by atoms with Crippen LogP contribution in [0, 0.1) is 5.92 Å². The highest BCUT2D eigenvalue weighted by Crippen LogP contribution is 2.24. The molecule has 2 aliphatic heterocycles. The maximum Gasteiger partial charge on any atom is 0.263 e. The van der Waals surface area contributed by atoms with Crippen LogP contribution in [0.2, 0.25) is 0 Å². The maximum atomic E-state index is 13.1. The molecule has 0 aromatic heterocycles. The van der Waals surface area contributed by atoms with E-state index in [1.165, 1.54) is 19.3 Å². The van der Waals surface area contributed by atoms with E-state index in [1.807, 2.05) is 32.0 Å². The third-order valence-corrected chi connectivity index (χ3v) is 7.28. The second-order valence-corrected chi connectivity index (χ2v) is 10.4. The normalized spacial score (nSPS) is 20.0. The van der Waals surface area contributed by atoms with Crippen LogP contribution in [-0.2, 0) is 21.4 Å². The Morgan fingerprint density at radius 2 is 1.84 bits per heavy atom. The molecule has 0 spiro atoms. The van der Waals surface area contributed by atoms with Gasteiger partial charge in [-0.05, 0) is 61.7 Å². The number of amidine groups is 1. The van der Waals surface area contributed by atoms with Crippen molar-refractivity contribution in [1.29, 1.82) is 0 Å². The van der Waals surface area contributed by atoms with Crippen LogP contribution in [0.4, 0.5) is 5.69 Å². The van der Waals surface area contributed by atoms with Crippen molar-refractivity contribution in [3.05, 3.63) is 59.7 Å². The Morgan fingerprint density at radius 1 is 1.09 bits per heavy atom. The van der Waals surface area contributed by atoms with Gasteiger partial charge in [0.05, 0.1) is 4.90 Å². The zero-order valence-electron chi connectivity index (χ0n) is 18.5. The van der Waals surface area contributed by atoms with Crippen molar-refractivity contribution in [3.63, 3.8) is 0 Å². The van der Waals surface area contributed by atoms with Crippen LogP contribution >= 0.6 is 0 Å². The smallest absolute Gasteiger partial charge is 0.263 e. The summed E-state index contributed by atoms with van der Waals surface area (Å²) < 4.78 is 27.3. The van der Waals surface area contributed by atoms with Gasteiger partial charge in [-0.2, -0.15) is 0 Å². The molecule has 4 rings (SSSR count). The number of hydrogen-bond donors (Lipinski definition) is 2. The Morgan fingerprint density at radius 3 is 2.59 bits per heavy atom. The van der Waals surface area contributed by atoms with Gasteiger partial charge in [-0.25, -0.2) is 8.42 Å². The van der Waals surface area contributed by atoms with Crippen molar-refractivity contribution >= 4 is 27.5 Å². The first kappa shape index (κ1) is 22.5. The lowest BCUT2D eigenvalue weighted by molar-refractivity contribution is -0.118. The Balaban J connectivity index is 1.51. The van der Waals surface area contributed by atoms with E-state index in [1.54, 1.807) is 24.3 Å². The number of amides is 1. The quantitative estimate of drug-likeness (QED) is 0.700. The number of piperidine rings is 1. The average molecular weight is 455 g/mol. The predicted octanol–water partition coefficient (Wildman–Crippen LogP) is 3.37. The molecule has 1 atom stereocenters. The van der Waals surface area contributed by atoms with Gasteiger partial charge in [0.15, 0.2) is 0 Å². The summed E-state index contributed by atoms with van der Waals surface area (Å²) in [6, 6.07) is 13.8. The second kappa shape index (κ2) is 9.42. The van der Waals surface area contributed by atoms with Gasteiger partial charge in [0, 0.05) is 17.8 Å². The summed E-state index contributed by atoms with van der Waals surface area (Å²) in [4.78, 5) is 20.3. The minimum absolute atomic E-state index is 0.115. The number of nitrogens with zero attached hydrogens (tertiary/aromatic N) is 2. The number of carbonyl (C=O) groups is 1. The first-order chi connectivity index (χ1) is 15.3. The highest BCUT2D eigenvalue weighted by Gasteiger charge is 2.32. The van der Waals surface area contributed by atoms with Crippen LogP contribution in [0.25, 0.3) is 0 Å². The lowest BCUT2D eigenvalue weighted by Crippen LogP contribution is -2.34. The highest BCUT2D eigenvalue weighted by atomic mass is 32.2. The molecule has 0 saturated carbocycles. The summed E-state index contributed by atoms with van der Waals surface area (Å²) >= 11 is 0. The molecule has 8 heteroatoms. The van der Waals surface area contributed by atoms with E-state index in [-0.39, 0.29) is 22.6 Å². The largest absolute Gasteiger partial charge is 0.324 e. The summed E-state index contributed by atoms with van der Waals surface area (Å²) in [6.07, 6.45) is 3.77. The molecule has 170 valence electrons. The summed E-state index contributed by atoms with van der Waals surface area (Å²) in [5.41, 5.74) is 2.38. The summed E-state index contributed by atoms with van der Waals surface area (Å²) in [5, 5.41) is 2.98. The molecule has 0 bridgehead atoms. The van der Waals surface area contributed by atoms with E-state index in [0.717, 1.165) is 30.9 Å². The SMILES string of the molecule is CC(C)[C@H](N=C1NS(=O)(=O)c2ccccc21)C(=O)Nc1cccc(CN2CCCCC2)c1. The van der Waals surface area contributed by atoms with Gasteiger partial charge in [-0.15, -0.1) is 0 Å². The van der Waals surface area contributed by atoms with E-state index in [0.29, 0.717) is 5.56 Å². The van der Waals surface area contributed by atoms with Crippen LogP contribution in [-0.4, -0.2) is 44.2 Å². The molecule has 1 fully saturated rings. The minimum atomic E-state index is -3.65. The molecule has 2 aromatic carbocycles. The molecule has 7 nitrogen and oxygen atoms in total. The van der Waals surface area contributed by atoms with E-state index in [9.17, 15) is 13.2 Å². The maximum absolute atomic E-state index is 13.1. The molecule has 1 saturated heterocycles. The number of rotatable bonds is 6. The number of nitrogens with one attached hydrogen (secondary N) is 2. The number of aliphatic imine (C=N–C) groups is 1. The van der Waals surface area contributed by atoms with Gasteiger partial charge < -0.3 is 5.32 Å². The van der Waals surface area contributed by atoms with Gasteiger partial charge >= 0.3 is 0 Å². The Bertz CT molecular complexity index is 1120. The van der Waals surface area contributed by atoms with Gasteiger partial charge in [0.25, 0.3) is 10.0 Å². The topological polar surface area (TPSA) is 90.9 Å². The number of fused-ring (bicyclic) bond motifs is 1. The summed E-state index contributed by atoms with van der Waals surface area (Å²) in [5.74, 6) is -0.157. The molecule has 0 unspecified atom stereocenters. The number of benzene rings is 2. The molecule has 1 amide bonds. The Kier molecular flexibility index (Phi) is 6.62. The predicted molar refractivity (Wildman–Crippen MR) is 126 cm³/mol. The van der Waals surface area contributed by atoms with Crippen molar-refractivity contribution in [2.45, 2.75) is 50.6 Å². The molecule has 2 N–H and O–H groups in total. The molecule has 2 aromatic rings. The van der Waals surface area contributed by atoms with Crippen molar-refractivity contribution in [2.24, 2.45) is 10.9 Å². The first-order valence-electron chi connectivity index (χ1n) is 11.2. The van der Waals surface area contributed by atoms with Crippen molar-refractivity contribution in [2.75, 3.05) is 18.4 Å². The van der Waals surface area contributed by atoms with Crippen LogP contribution in [0.1, 0.15) is 44.2 Å². The Labute approximate surface area is 190 Å². The molecular weight excluding hydrogens is 424 g/mol. The van der Waals surface area contributed by atoms with Gasteiger partial charge in [-0.3, -0.25) is 19.4 Å². The highest BCUT2D eigenvalue weighted by molar-refractivity contribution is 7.90. The Hall–Kier alpha value is -2.71. The van der Waals surface area contributed by atoms with Crippen LogP contribution in [0.3, 0.4) is 0 Å². The van der Waals surface area contributed by atoms with E-state index >= 15 is 0 Å². The number of hydrogen-bond acceptors (Lipinski definition) is 5. The number of sulfonamides is 1. The molecule has 0 aliphatic carbocycles. The number of anilines is 1. The average Bonchev–Trinajstić information content (AvgIpc) is 3.03. The van der Waals surface area contributed by atoms with E-state index < -0.39 is 16.1 Å². The molecule has 2 heterocycles. The van der Waals surface area contributed by atoms with Gasteiger partial charge in [0.2, 0.25) is 5.91 Å². The van der Waals surface area contributed by atoms with Gasteiger partial charge in [0.1, 0.15) is 11.9 Å². The fourth-order valence-electron chi connectivity index (χ4n) is 4.22. The van der Waals surface area contributed by atoms with Crippen LogP contribution in [0.15, 0.2) is 58.4 Å². The zero-order chi connectivity index (χ0) is 22.7.